The van der Waals surface area contributed by atoms with E-state index < -0.39 is 23.0 Å². The molecule has 1 aliphatic carbocycles. The van der Waals surface area contributed by atoms with Crippen molar-refractivity contribution in [2.45, 2.75) is 11.8 Å². The summed E-state index contributed by atoms with van der Waals surface area (Å²) in [5.41, 5.74) is -1.60. The Hall–Kier alpha value is -1.32. The molecule has 0 spiro atoms. The summed E-state index contributed by atoms with van der Waals surface area (Å²) >= 11 is 0. The normalized spacial score (nSPS) is 22.1. The molecule has 0 nitrogen and oxygen atoms in total. The molecule has 0 unspecified atom stereocenters. The Balaban J connectivity index is 2.74. The van der Waals surface area contributed by atoms with E-state index in [9.17, 15) is 17.6 Å². The van der Waals surface area contributed by atoms with Crippen LogP contribution in [0.4, 0.5) is 17.6 Å². The van der Waals surface area contributed by atoms with Gasteiger partial charge in [0.25, 0.3) is 0 Å². The van der Waals surface area contributed by atoms with Crippen LogP contribution in [0, 0.1) is 0 Å². The molecule has 0 saturated heterocycles. The Morgan fingerprint density at radius 3 is 2.07 bits per heavy atom. The van der Waals surface area contributed by atoms with Crippen LogP contribution in [0.1, 0.15) is 11.1 Å². The summed E-state index contributed by atoms with van der Waals surface area (Å²) in [5.74, 6) is -8.31. The Morgan fingerprint density at radius 1 is 0.929 bits per heavy atom. The molecule has 1 aliphatic rings. The van der Waals surface area contributed by atoms with Crippen molar-refractivity contribution in [3.8, 4) is 0 Å². The monoisotopic (exact) mass is 202 g/mol. The summed E-state index contributed by atoms with van der Waals surface area (Å²) in [4.78, 5) is 0. The van der Waals surface area contributed by atoms with Crippen molar-refractivity contribution in [1.29, 1.82) is 0 Å². The number of fused-ring (bicyclic) bond motifs is 1. The van der Waals surface area contributed by atoms with Crippen molar-refractivity contribution in [1.82, 2.24) is 0 Å². The number of halogens is 4. The minimum Gasteiger partial charge on any atom is -0.194 e. The predicted octanol–water partition coefficient (Wildman–Crippen LogP) is 3.44. The standard InChI is InChI=1S/C10H6F4/c1-6-7-4-2-3-5-8(7)10(13,14)9(6,11)12/h2-5H,1H2. The SMILES string of the molecule is C=C1c2ccccc2C(F)(F)C1(F)F. The Kier molecular flexibility index (Phi) is 1.57. The lowest BCUT2D eigenvalue weighted by molar-refractivity contribution is -0.172. The van der Waals surface area contributed by atoms with Gasteiger partial charge in [0.2, 0.25) is 0 Å². The fourth-order valence-electron chi connectivity index (χ4n) is 1.55. The molecule has 0 aromatic heterocycles. The second-order valence-corrected chi connectivity index (χ2v) is 3.17. The number of benzene rings is 1. The van der Waals surface area contributed by atoms with Crippen molar-refractivity contribution in [2.24, 2.45) is 0 Å². The molecule has 1 aromatic carbocycles. The largest absolute Gasteiger partial charge is 0.340 e. The topological polar surface area (TPSA) is 0 Å². The van der Waals surface area contributed by atoms with E-state index in [1.165, 1.54) is 18.2 Å². The quantitative estimate of drug-likeness (QED) is 0.565. The molecule has 0 heterocycles. The summed E-state index contributed by atoms with van der Waals surface area (Å²) in [6.07, 6.45) is 0. The van der Waals surface area contributed by atoms with Crippen LogP contribution in [0.3, 0.4) is 0 Å². The molecular formula is C10H6F4. The third kappa shape index (κ3) is 0.832. The number of hydrogen-bond acceptors (Lipinski definition) is 0. The van der Waals surface area contributed by atoms with Gasteiger partial charge in [-0.05, 0) is 5.56 Å². The molecular weight excluding hydrogens is 196 g/mol. The van der Waals surface area contributed by atoms with Crippen molar-refractivity contribution in [2.75, 3.05) is 0 Å². The van der Waals surface area contributed by atoms with E-state index >= 15 is 0 Å². The molecule has 0 amide bonds. The smallest absolute Gasteiger partial charge is 0.194 e. The van der Waals surface area contributed by atoms with Gasteiger partial charge in [-0.3, -0.25) is 0 Å². The lowest BCUT2D eigenvalue weighted by Crippen LogP contribution is -2.32. The molecule has 0 N–H and O–H groups in total. The highest BCUT2D eigenvalue weighted by Crippen LogP contribution is 2.57. The van der Waals surface area contributed by atoms with Gasteiger partial charge in [0, 0.05) is 11.1 Å². The Labute approximate surface area is 77.9 Å². The summed E-state index contributed by atoms with van der Waals surface area (Å²) < 4.78 is 52.4. The zero-order valence-electron chi connectivity index (χ0n) is 7.03. The average molecular weight is 202 g/mol. The van der Waals surface area contributed by atoms with Crippen LogP contribution in [-0.2, 0) is 5.92 Å². The Bertz CT molecular complexity index is 406. The number of allylic oxidation sites excluding steroid dienone is 1. The van der Waals surface area contributed by atoms with Gasteiger partial charge in [0.15, 0.2) is 0 Å². The molecule has 0 radical (unpaired) electrons. The van der Waals surface area contributed by atoms with E-state index in [0.717, 1.165) is 6.07 Å². The summed E-state index contributed by atoms with van der Waals surface area (Å²) in [6, 6.07) is 4.97. The van der Waals surface area contributed by atoms with E-state index in [4.69, 9.17) is 0 Å². The van der Waals surface area contributed by atoms with Crippen molar-refractivity contribution < 1.29 is 17.6 Å². The molecule has 0 aliphatic heterocycles. The maximum Gasteiger partial charge on any atom is 0.340 e. The second kappa shape index (κ2) is 2.38. The van der Waals surface area contributed by atoms with Crippen LogP contribution in [0.15, 0.2) is 30.8 Å². The third-order valence-electron chi connectivity index (χ3n) is 2.36. The molecule has 0 fully saturated rings. The number of alkyl halides is 4. The highest BCUT2D eigenvalue weighted by Gasteiger charge is 2.65. The van der Waals surface area contributed by atoms with E-state index in [-0.39, 0.29) is 5.56 Å². The molecule has 1 aromatic rings. The van der Waals surface area contributed by atoms with Gasteiger partial charge in [-0.25, -0.2) is 0 Å². The summed E-state index contributed by atoms with van der Waals surface area (Å²) in [5, 5.41) is 0. The van der Waals surface area contributed by atoms with Crippen LogP contribution in [0.25, 0.3) is 5.57 Å². The highest BCUT2D eigenvalue weighted by molar-refractivity contribution is 5.78. The van der Waals surface area contributed by atoms with Gasteiger partial charge < -0.3 is 0 Å². The van der Waals surface area contributed by atoms with Crippen LogP contribution >= 0.6 is 0 Å². The maximum absolute atomic E-state index is 13.2. The number of rotatable bonds is 0. The van der Waals surface area contributed by atoms with Crippen molar-refractivity contribution in [3.63, 3.8) is 0 Å². The van der Waals surface area contributed by atoms with Crippen LogP contribution in [0.2, 0.25) is 0 Å². The van der Waals surface area contributed by atoms with E-state index in [2.05, 4.69) is 6.58 Å². The predicted molar refractivity (Wildman–Crippen MR) is 44.3 cm³/mol. The van der Waals surface area contributed by atoms with E-state index in [1.807, 2.05) is 0 Å². The zero-order chi connectivity index (χ0) is 10.6. The first kappa shape index (κ1) is 9.24. The first-order chi connectivity index (χ1) is 6.39. The summed E-state index contributed by atoms with van der Waals surface area (Å²) in [6.45, 7) is 3.01. The van der Waals surface area contributed by atoms with Gasteiger partial charge in [-0.2, -0.15) is 17.6 Å². The van der Waals surface area contributed by atoms with Crippen molar-refractivity contribution in [3.05, 3.63) is 42.0 Å². The molecule has 4 heteroatoms. The van der Waals surface area contributed by atoms with Crippen molar-refractivity contribution >= 4 is 5.57 Å². The Morgan fingerprint density at radius 2 is 1.50 bits per heavy atom. The van der Waals surface area contributed by atoms with Gasteiger partial charge in [0.05, 0.1) is 0 Å². The lowest BCUT2D eigenvalue weighted by Gasteiger charge is -2.19. The minimum absolute atomic E-state index is 0.150. The highest BCUT2D eigenvalue weighted by atomic mass is 19.3. The lowest BCUT2D eigenvalue weighted by atomic mass is 10.1. The molecule has 0 atom stereocenters. The number of hydrogen-bond donors (Lipinski definition) is 0. The van der Waals surface area contributed by atoms with E-state index in [0.29, 0.717) is 0 Å². The fourth-order valence-corrected chi connectivity index (χ4v) is 1.55. The van der Waals surface area contributed by atoms with Crippen LogP contribution < -0.4 is 0 Å². The first-order valence-electron chi connectivity index (χ1n) is 3.94. The zero-order valence-corrected chi connectivity index (χ0v) is 7.03. The van der Waals surface area contributed by atoms with Gasteiger partial charge in [0.1, 0.15) is 0 Å². The molecule has 14 heavy (non-hydrogen) atoms. The van der Waals surface area contributed by atoms with Gasteiger partial charge >= 0.3 is 11.8 Å². The van der Waals surface area contributed by atoms with E-state index in [1.54, 1.807) is 0 Å². The molecule has 0 saturated carbocycles. The first-order valence-corrected chi connectivity index (χ1v) is 3.94. The second-order valence-electron chi connectivity index (χ2n) is 3.17. The maximum atomic E-state index is 13.2. The van der Waals surface area contributed by atoms with Crippen LogP contribution in [0.5, 0.6) is 0 Å². The van der Waals surface area contributed by atoms with Gasteiger partial charge in [-0.15, -0.1) is 0 Å². The fraction of sp³-hybridized carbons (Fsp3) is 0.200. The summed E-state index contributed by atoms with van der Waals surface area (Å²) in [7, 11) is 0. The van der Waals surface area contributed by atoms with Crippen LogP contribution in [-0.4, -0.2) is 5.92 Å². The van der Waals surface area contributed by atoms with Gasteiger partial charge in [-0.1, -0.05) is 30.8 Å². The molecule has 2 rings (SSSR count). The third-order valence-corrected chi connectivity index (χ3v) is 2.36. The molecule has 74 valence electrons. The minimum atomic E-state index is -4.17. The molecule has 0 bridgehead atoms. The average Bonchev–Trinajstić information content (AvgIpc) is 2.27.